The smallest absolute Gasteiger partial charge is 0.546 e. The van der Waals surface area contributed by atoms with Crippen molar-refractivity contribution in [3.05, 3.63) is 23.3 Å². The van der Waals surface area contributed by atoms with Crippen molar-refractivity contribution < 1.29 is 80.4 Å². The molecule has 0 fully saturated rings. The van der Waals surface area contributed by atoms with E-state index in [1.54, 1.807) is 0 Å². The summed E-state index contributed by atoms with van der Waals surface area (Å²) in [7, 11) is 0.921. The fraction of sp³-hybridized carbons (Fsp3) is 0.462. The molecule has 0 amide bonds. The van der Waals surface area contributed by atoms with Crippen LogP contribution in [0.4, 0.5) is 26.3 Å². The second-order valence-corrected chi connectivity index (χ2v) is 4.69. The largest absolute Gasteiger partial charge is 1.00 e. The van der Waals surface area contributed by atoms with Gasteiger partial charge in [-0.05, 0) is 24.6 Å². The van der Waals surface area contributed by atoms with E-state index in [4.69, 9.17) is 4.74 Å². The third-order valence-electron chi connectivity index (χ3n) is 3.03. The zero-order valence-electron chi connectivity index (χ0n) is 13.2. The van der Waals surface area contributed by atoms with E-state index in [0.29, 0.717) is 6.07 Å². The zero-order chi connectivity index (χ0) is 18.9. The summed E-state index contributed by atoms with van der Waals surface area (Å²) in [6, 6.07) is 0.659. The minimum atomic E-state index is -6.06. The van der Waals surface area contributed by atoms with Gasteiger partial charge in [0.2, 0.25) is 0 Å². The number of hydrogen-bond donors (Lipinski definition) is 1. The zero-order valence-corrected chi connectivity index (χ0v) is 15.2. The van der Waals surface area contributed by atoms with Crippen molar-refractivity contribution in [3.63, 3.8) is 0 Å². The number of aryl methyl sites for hydroxylation is 1. The van der Waals surface area contributed by atoms with Gasteiger partial charge in [0.15, 0.2) is 11.5 Å². The summed E-state index contributed by atoms with van der Waals surface area (Å²) in [6.07, 6.45) is -12.1. The molecule has 0 atom stereocenters. The summed E-state index contributed by atoms with van der Waals surface area (Å²) in [5.41, 5.74) is -6.99. The standard InChI is InChI=1S/C13H12F6O5.Na/c1-6-3-7(11(22,12(14,15)16)13(17,18)19)4-8(23-2)10(6)24-5-9(20)21;/h3-4,22H,5H2,1-2H3,(H,20,21);/q;+1/p-1. The Labute approximate surface area is 159 Å². The summed E-state index contributed by atoms with van der Waals surface area (Å²) in [4.78, 5) is 10.4. The first-order chi connectivity index (χ1) is 10.8. The van der Waals surface area contributed by atoms with E-state index in [2.05, 4.69) is 4.74 Å². The Hall–Kier alpha value is -1.17. The van der Waals surface area contributed by atoms with Crippen molar-refractivity contribution in [2.45, 2.75) is 24.9 Å². The third-order valence-corrected chi connectivity index (χ3v) is 3.03. The SMILES string of the molecule is COc1cc(C(O)(C(F)(F)F)C(F)(F)F)cc(C)c1OCC(=O)[O-].[Na+]. The van der Waals surface area contributed by atoms with Crippen LogP contribution in [-0.4, -0.2) is 37.1 Å². The number of hydrogen-bond acceptors (Lipinski definition) is 5. The Balaban J connectivity index is 0.00000576. The molecule has 0 unspecified atom stereocenters. The summed E-state index contributed by atoms with van der Waals surface area (Å²) in [6.45, 7) is 0.0587. The molecule has 0 bridgehead atoms. The van der Waals surface area contributed by atoms with Gasteiger partial charge in [-0.25, -0.2) is 0 Å². The molecular formula is C13H11F6NaO5. The number of ether oxygens (including phenoxy) is 2. The van der Waals surface area contributed by atoms with Crippen molar-refractivity contribution >= 4 is 5.97 Å². The Morgan fingerprint density at radius 2 is 1.64 bits per heavy atom. The normalized spacial score (nSPS) is 12.4. The topological polar surface area (TPSA) is 78.8 Å². The summed E-state index contributed by atoms with van der Waals surface area (Å²) < 4.78 is 86.6. The predicted octanol–water partition coefficient (Wildman–Crippen LogP) is -1.55. The average molecular weight is 384 g/mol. The molecule has 0 radical (unpaired) electrons. The molecule has 0 saturated heterocycles. The minimum Gasteiger partial charge on any atom is -0.546 e. The molecule has 0 aliphatic heterocycles. The van der Waals surface area contributed by atoms with Gasteiger partial charge >= 0.3 is 41.9 Å². The fourth-order valence-electron chi connectivity index (χ4n) is 1.91. The second-order valence-electron chi connectivity index (χ2n) is 4.69. The molecule has 1 N–H and O–H groups in total. The third kappa shape index (κ3) is 4.72. The Morgan fingerprint density at radius 1 is 1.16 bits per heavy atom. The van der Waals surface area contributed by atoms with Crippen LogP contribution >= 0.6 is 0 Å². The molecule has 0 saturated carbocycles. The molecule has 0 aliphatic carbocycles. The molecule has 1 aromatic carbocycles. The van der Waals surface area contributed by atoms with Crippen molar-refractivity contribution in [2.75, 3.05) is 13.7 Å². The quantitative estimate of drug-likeness (QED) is 0.491. The van der Waals surface area contributed by atoms with E-state index in [9.17, 15) is 41.4 Å². The van der Waals surface area contributed by atoms with Crippen LogP contribution in [0.15, 0.2) is 12.1 Å². The number of carboxylic acid groups (broad SMARTS) is 1. The van der Waals surface area contributed by atoms with Crippen LogP contribution in [0, 0.1) is 6.92 Å². The molecule has 0 aliphatic rings. The van der Waals surface area contributed by atoms with Gasteiger partial charge in [-0.3, -0.25) is 0 Å². The number of methoxy groups -OCH3 is 1. The Kier molecular flexibility index (Phi) is 7.65. The van der Waals surface area contributed by atoms with Gasteiger partial charge in [-0.15, -0.1) is 0 Å². The van der Waals surface area contributed by atoms with Gasteiger partial charge < -0.3 is 24.5 Å². The van der Waals surface area contributed by atoms with Gasteiger partial charge in [-0.1, -0.05) is 0 Å². The molecule has 1 aromatic rings. The molecule has 12 heteroatoms. The van der Waals surface area contributed by atoms with Crippen LogP contribution in [0.25, 0.3) is 0 Å². The van der Waals surface area contributed by atoms with E-state index >= 15 is 0 Å². The second kappa shape index (κ2) is 8.02. The number of carbonyl (C=O) groups excluding carboxylic acids is 1. The van der Waals surface area contributed by atoms with Gasteiger partial charge in [0.25, 0.3) is 5.60 Å². The number of aliphatic carboxylic acids is 1. The molecule has 0 spiro atoms. The van der Waals surface area contributed by atoms with E-state index in [1.165, 1.54) is 0 Å². The van der Waals surface area contributed by atoms with Crippen molar-refractivity contribution in [1.82, 2.24) is 0 Å². The van der Waals surface area contributed by atoms with Crippen LogP contribution in [0.1, 0.15) is 11.1 Å². The first kappa shape index (κ1) is 23.8. The first-order valence-electron chi connectivity index (χ1n) is 6.13. The summed E-state index contributed by atoms with van der Waals surface area (Å²) >= 11 is 0. The Bertz CT molecular complexity index is 615. The molecule has 0 aromatic heterocycles. The maximum absolute atomic E-state index is 12.9. The number of aliphatic hydroxyl groups is 1. The van der Waals surface area contributed by atoms with E-state index in [0.717, 1.165) is 14.0 Å². The first-order valence-corrected chi connectivity index (χ1v) is 6.13. The summed E-state index contributed by atoms with van der Waals surface area (Å²) in [5, 5.41) is 19.7. The van der Waals surface area contributed by atoms with Crippen molar-refractivity contribution in [3.8, 4) is 11.5 Å². The fourth-order valence-corrected chi connectivity index (χ4v) is 1.91. The van der Waals surface area contributed by atoms with Gasteiger partial charge in [0, 0.05) is 5.56 Å². The number of carbonyl (C=O) groups is 1. The van der Waals surface area contributed by atoms with Crippen LogP contribution < -0.4 is 44.1 Å². The maximum Gasteiger partial charge on any atom is 1.00 e. The molecule has 25 heavy (non-hydrogen) atoms. The number of carboxylic acids is 1. The minimum absolute atomic E-state index is 0. The van der Waals surface area contributed by atoms with E-state index in [1.807, 2.05) is 0 Å². The molecule has 136 valence electrons. The molecule has 1 rings (SSSR count). The molecular weight excluding hydrogens is 373 g/mol. The molecule has 0 heterocycles. The number of halogens is 6. The van der Waals surface area contributed by atoms with Gasteiger partial charge in [0.1, 0.15) is 6.61 Å². The van der Waals surface area contributed by atoms with Crippen LogP contribution in [-0.2, 0) is 10.4 Å². The Morgan fingerprint density at radius 3 is 2.00 bits per heavy atom. The number of benzene rings is 1. The van der Waals surface area contributed by atoms with Crippen molar-refractivity contribution in [2.24, 2.45) is 0 Å². The monoisotopic (exact) mass is 384 g/mol. The molecule has 5 nitrogen and oxygen atoms in total. The van der Waals surface area contributed by atoms with Crippen LogP contribution in [0.2, 0.25) is 0 Å². The number of alkyl halides is 6. The van der Waals surface area contributed by atoms with Crippen molar-refractivity contribution in [1.29, 1.82) is 0 Å². The van der Waals surface area contributed by atoms with Crippen LogP contribution in [0.5, 0.6) is 11.5 Å². The predicted molar refractivity (Wildman–Crippen MR) is 64.2 cm³/mol. The average Bonchev–Trinajstić information content (AvgIpc) is 2.41. The van der Waals surface area contributed by atoms with Crippen LogP contribution in [0.3, 0.4) is 0 Å². The van der Waals surface area contributed by atoms with E-state index in [-0.39, 0.29) is 41.2 Å². The van der Waals surface area contributed by atoms with E-state index < -0.39 is 47.6 Å². The van der Waals surface area contributed by atoms with Gasteiger partial charge in [0.05, 0.1) is 13.1 Å². The summed E-state index contributed by atoms with van der Waals surface area (Å²) in [5.74, 6) is -2.67. The number of rotatable bonds is 5. The maximum atomic E-state index is 12.9. The van der Waals surface area contributed by atoms with Gasteiger partial charge in [-0.2, -0.15) is 26.3 Å².